The van der Waals surface area contributed by atoms with E-state index in [1.165, 1.54) is 4.90 Å². The predicted octanol–water partition coefficient (Wildman–Crippen LogP) is 2.71. The van der Waals surface area contributed by atoms with Crippen LogP contribution in [0.3, 0.4) is 0 Å². The van der Waals surface area contributed by atoms with Crippen molar-refractivity contribution in [2.24, 2.45) is 5.92 Å². The second-order valence-corrected chi connectivity index (χ2v) is 6.92. The smallest absolute Gasteiger partial charge is 0.338 e. The summed E-state index contributed by atoms with van der Waals surface area (Å²) in [6.07, 6.45) is 0.274. The maximum absolute atomic E-state index is 12.8. The molecule has 29 heavy (non-hydrogen) atoms. The Labute approximate surface area is 169 Å². The molecule has 1 amide bonds. The minimum atomic E-state index is -0.759. The van der Waals surface area contributed by atoms with Crippen molar-refractivity contribution in [1.29, 1.82) is 0 Å². The van der Waals surface area contributed by atoms with Crippen LogP contribution in [0.2, 0.25) is 0 Å². The molecule has 0 spiro atoms. The maximum atomic E-state index is 12.8. The van der Waals surface area contributed by atoms with Crippen molar-refractivity contribution < 1.29 is 23.9 Å². The highest BCUT2D eigenvalue weighted by molar-refractivity contribution is 6.07. The molecule has 0 radical (unpaired) electrons. The highest BCUT2D eigenvalue weighted by Gasteiger charge is 2.34. The molecule has 1 aliphatic rings. The van der Waals surface area contributed by atoms with Crippen LogP contribution >= 0.6 is 0 Å². The first-order valence-electron chi connectivity index (χ1n) is 9.66. The van der Waals surface area contributed by atoms with Gasteiger partial charge < -0.3 is 9.64 Å². The number of Topliss-reactive ketones (excluding diaryl/α,β-unsaturated/α-hetero) is 2. The number of benzene rings is 2. The molecule has 0 N–H and O–H groups in total. The SMILES string of the molecule is CCOC(=O)c1ccccc1CC(=O)C1CCN(C(=O)c2ccccc2)CC1=O. The summed E-state index contributed by atoms with van der Waals surface area (Å²) in [5.41, 5.74) is 1.41. The second-order valence-electron chi connectivity index (χ2n) is 6.92. The van der Waals surface area contributed by atoms with Crippen molar-refractivity contribution in [3.63, 3.8) is 0 Å². The lowest BCUT2D eigenvalue weighted by atomic mass is 9.87. The van der Waals surface area contributed by atoms with Gasteiger partial charge in [-0.05, 0) is 37.1 Å². The van der Waals surface area contributed by atoms with Gasteiger partial charge in [-0.15, -0.1) is 0 Å². The van der Waals surface area contributed by atoms with E-state index in [0.717, 1.165) is 0 Å². The average molecular weight is 393 g/mol. The van der Waals surface area contributed by atoms with Gasteiger partial charge in [0.1, 0.15) is 5.78 Å². The van der Waals surface area contributed by atoms with Gasteiger partial charge in [-0.3, -0.25) is 14.4 Å². The van der Waals surface area contributed by atoms with Crippen molar-refractivity contribution >= 4 is 23.4 Å². The first kappa shape index (κ1) is 20.5. The number of carbonyl (C=O) groups excluding carboxylic acids is 4. The molecule has 1 aliphatic heterocycles. The zero-order valence-electron chi connectivity index (χ0n) is 16.3. The number of amides is 1. The summed E-state index contributed by atoms with van der Waals surface area (Å²) in [5, 5.41) is 0. The van der Waals surface area contributed by atoms with E-state index in [2.05, 4.69) is 0 Å². The molecule has 1 saturated heterocycles. The molecule has 1 atom stereocenters. The van der Waals surface area contributed by atoms with Crippen LogP contribution in [-0.4, -0.2) is 48.0 Å². The van der Waals surface area contributed by atoms with Crippen molar-refractivity contribution in [3.8, 4) is 0 Å². The summed E-state index contributed by atoms with van der Waals surface area (Å²) in [6.45, 7) is 2.22. The number of ketones is 2. The topological polar surface area (TPSA) is 80.8 Å². The zero-order valence-corrected chi connectivity index (χ0v) is 16.3. The van der Waals surface area contributed by atoms with E-state index in [0.29, 0.717) is 23.2 Å². The second kappa shape index (κ2) is 9.28. The number of rotatable bonds is 6. The van der Waals surface area contributed by atoms with E-state index in [4.69, 9.17) is 4.74 Å². The standard InChI is InChI=1S/C23H23NO5/c1-2-29-23(28)18-11-7-6-10-17(18)14-20(25)19-12-13-24(15-21(19)26)22(27)16-8-4-3-5-9-16/h3-11,19H,2,12-15H2,1H3. The van der Waals surface area contributed by atoms with Crippen LogP contribution in [0.25, 0.3) is 0 Å². The summed E-state index contributed by atoms with van der Waals surface area (Å²) in [5.74, 6) is -1.95. The number of ether oxygens (including phenoxy) is 1. The van der Waals surface area contributed by atoms with Crippen LogP contribution < -0.4 is 0 Å². The molecule has 150 valence electrons. The molecule has 6 heteroatoms. The third-order valence-electron chi connectivity index (χ3n) is 5.00. The summed E-state index contributed by atoms with van der Waals surface area (Å²) >= 11 is 0. The van der Waals surface area contributed by atoms with Gasteiger partial charge in [-0.25, -0.2) is 4.79 Å². The summed E-state index contributed by atoms with van der Waals surface area (Å²) in [7, 11) is 0. The van der Waals surface area contributed by atoms with Gasteiger partial charge in [0, 0.05) is 18.5 Å². The largest absolute Gasteiger partial charge is 0.462 e. The van der Waals surface area contributed by atoms with E-state index >= 15 is 0 Å². The summed E-state index contributed by atoms with van der Waals surface area (Å²) in [4.78, 5) is 51.5. The Morgan fingerprint density at radius 3 is 2.41 bits per heavy atom. The van der Waals surface area contributed by atoms with E-state index in [-0.39, 0.29) is 43.5 Å². The lowest BCUT2D eigenvalue weighted by molar-refractivity contribution is -0.135. The highest BCUT2D eigenvalue weighted by atomic mass is 16.5. The molecule has 6 nitrogen and oxygen atoms in total. The fraction of sp³-hybridized carbons (Fsp3) is 0.304. The third-order valence-corrected chi connectivity index (χ3v) is 5.00. The molecule has 1 heterocycles. The van der Waals surface area contributed by atoms with Gasteiger partial charge in [0.05, 0.1) is 24.6 Å². The Bertz CT molecular complexity index is 922. The van der Waals surface area contributed by atoms with Crippen molar-refractivity contribution in [3.05, 3.63) is 71.3 Å². The number of likely N-dealkylation sites (tertiary alicyclic amines) is 1. The third kappa shape index (κ3) is 4.77. The van der Waals surface area contributed by atoms with Crippen molar-refractivity contribution in [2.75, 3.05) is 19.7 Å². The minimum Gasteiger partial charge on any atom is -0.462 e. The molecule has 2 aromatic rings. The first-order chi connectivity index (χ1) is 14.0. The lowest BCUT2D eigenvalue weighted by Crippen LogP contribution is -2.46. The monoisotopic (exact) mass is 393 g/mol. The van der Waals surface area contributed by atoms with Gasteiger partial charge in [0.2, 0.25) is 0 Å². The molecular formula is C23H23NO5. The first-order valence-corrected chi connectivity index (χ1v) is 9.66. The van der Waals surface area contributed by atoms with Crippen molar-refractivity contribution in [2.45, 2.75) is 19.8 Å². The van der Waals surface area contributed by atoms with Crippen LogP contribution in [-0.2, 0) is 20.7 Å². The van der Waals surface area contributed by atoms with E-state index < -0.39 is 11.9 Å². The number of carbonyl (C=O) groups is 4. The number of hydrogen-bond donors (Lipinski definition) is 0. The predicted molar refractivity (Wildman–Crippen MR) is 107 cm³/mol. The van der Waals surface area contributed by atoms with Crippen molar-refractivity contribution in [1.82, 2.24) is 4.90 Å². The normalized spacial score (nSPS) is 16.4. The Kier molecular flexibility index (Phi) is 6.54. The van der Waals surface area contributed by atoms with E-state index in [1.54, 1.807) is 55.5 Å². The van der Waals surface area contributed by atoms with Gasteiger partial charge >= 0.3 is 5.97 Å². The fourth-order valence-corrected chi connectivity index (χ4v) is 3.49. The Morgan fingerprint density at radius 2 is 1.72 bits per heavy atom. The van der Waals surface area contributed by atoms with Crippen LogP contribution in [0, 0.1) is 5.92 Å². The van der Waals surface area contributed by atoms with Gasteiger partial charge in [-0.2, -0.15) is 0 Å². The van der Waals surface area contributed by atoms with Crippen LogP contribution in [0.1, 0.15) is 39.6 Å². The summed E-state index contributed by atoms with van der Waals surface area (Å²) < 4.78 is 5.04. The lowest BCUT2D eigenvalue weighted by Gasteiger charge is -2.30. The fourth-order valence-electron chi connectivity index (χ4n) is 3.49. The van der Waals surface area contributed by atoms with Gasteiger partial charge in [0.15, 0.2) is 5.78 Å². The molecule has 0 aliphatic carbocycles. The van der Waals surface area contributed by atoms with Gasteiger partial charge in [0.25, 0.3) is 5.91 Å². The average Bonchev–Trinajstić information content (AvgIpc) is 2.74. The highest BCUT2D eigenvalue weighted by Crippen LogP contribution is 2.21. The number of esters is 1. The van der Waals surface area contributed by atoms with E-state index in [9.17, 15) is 19.2 Å². The Balaban J connectivity index is 1.66. The molecule has 1 unspecified atom stereocenters. The Hall–Kier alpha value is -3.28. The molecule has 0 bridgehead atoms. The van der Waals surface area contributed by atoms with E-state index in [1.807, 2.05) is 6.07 Å². The molecule has 0 aromatic heterocycles. The number of hydrogen-bond acceptors (Lipinski definition) is 5. The van der Waals surface area contributed by atoms with Crippen LogP contribution in [0.5, 0.6) is 0 Å². The molecular weight excluding hydrogens is 370 g/mol. The zero-order chi connectivity index (χ0) is 20.8. The van der Waals surface area contributed by atoms with Gasteiger partial charge in [-0.1, -0.05) is 36.4 Å². The Morgan fingerprint density at radius 1 is 1.03 bits per heavy atom. The maximum Gasteiger partial charge on any atom is 0.338 e. The molecule has 1 fully saturated rings. The number of nitrogens with zero attached hydrogens (tertiary/aromatic N) is 1. The number of piperidine rings is 1. The van der Waals surface area contributed by atoms with Crippen LogP contribution in [0.4, 0.5) is 0 Å². The minimum absolute atomic E-state index is 0.0158. The molecule has 0 saturated carbocycles. The quantitative estimate of drug-likeness (QED) is 0.557. The summed E-state index contributed by atoms with van der Waals surface area (Å²) in [6, 6.07) is 15.5. The molecule has 2 aromatic carbocycles. The molecule has 3 rings (SSSR count). The van der Waals surface area contributed by atoms with Crippen LogP contribution in [0.15, 0.2) is 54.6 Å².